The van der Waals surface area contributed by atoms with Gasteiger partial charge in [-0.05, 0) is 42.9 Å². The quantitative estimate of drug-likeness (QED) is 0.468. The van der Waals surface area contributed by atoms with Crippen molar-refractivity contribution in [3.8, 4) is 0 Å². The lowest BCUT2D eigenvalue weighted by atomic mass is 10.2. The standard InChI is InChI=1S/C22H24ClN3OS/c1-3-25(4-2)15-16-26(22-24-19-11-7-8-12-20(19)28-22)21(27)14-13-17-9-5-6-10-18(17)23/h5-14H,3-4,15-16H2,1-2H3/b14-13+. The van der Waals surface area contributed by atoms with Crippen molar-refractivity contribution in [2.45, 2.75) is 13.8 Å². The van der Waals surface area contributed by atoms with Gasteiger partial charge in [0.1, 0.15) is 0 Å². The van der Waals surface area contributed by atoms with Gasteiger partial charge in [-0.1, -0.05) is 67.1 Å². The van der Waals surface area contributed by atoms with Crippen molar-refractivity contribution in [1.82, 2.24) is 9.88 Å². The summed E-state index contributed by atoms with van der Waals surface area (Å²) in [4.78, 5) is 21.8. The number of rotatable bonds is 8. The zero-order valence-corrected chi connectivity index (χ0v) is 17.7. The first-order valence-electron chi connectivity index (χ1n) is 9.44. The number of aromatic nitrogens is 1. The van der Waals surface area contributed by atoms with E-state index in [2.05, 4.69) is 23.7 Å². The van der Waals surface area contributed by atoms with Gasteiger partial charge in [-0.2, -0.15) is 0 Å². The van der Waals surface area contributed by atoms with Crippen LogP contribution in [0.4, 0.5) is 5.13 Å². The first-order valence-corrected chi connectivity index (χ1v) is 10.6. The molecule has 146 valence electrons. The van der Waals surface area contributed by atoms with E-state index in [-0.39, 0.29) is 5.91 Å². The third kappa shape index (κ3) is 4.98. The maximum Gasteiger partial charge on any atom is 0.252 e. The fourth-order valence-electron chi connectivity index (χ4n) is 2.92. The van der Waals surface area contributed by atoms with Gasteiger partial charge in [0.25, 0.3) is 5.91 Å². The Labute approximate surface area is 175 Å². The van der Waals surface area contributed by atoms with Crippen LogP contribution in [0, 0.1) is 0 Å². The fraction of sp³-hybridized carbons (Fsp3) is 0.273. The number of amides is 1. The zero-order chi connectivity index (χ0) is 19.9. The van der Waals surface area contributed by atoms with E-state index in [4.69, 9.17) is 11.6 Å². The number of benzene rings is 2. The Kier molecular flexibility index (Phi) is 7.20. The Balaban J connectivity index is 1.86. The summed E-state index contributed by atoms with van der Waals surface area (Å²) in [7, 11) is 0. The second kappa shape index (κ2) is 9.82. The second-order valence-electron chi connectivity index (χ2n) is 6.34. The fourth-order valence-corrected chi connectivity index (χ4v) is 4.11. The van der Waals surface area contributed by atoms with Crippen molar-refractivity contribution in [2.75, 3.05) is 31.1 Å². The van der Waals surface area contributed by atoms with Gasteiger partial charge in [-0.3, -0.25) is 9.69 Å². The van der Waals surface area contributed by atoms with Gasteiger partial charge in [0.15, 0.2) is 5.13 Å². The minimum absolute atomic E-state index is 0.0915. The predicted molar refractivity (Wildman–Crippen MR) is 120 cm³/mol. The smallest absolute Gasteiger partial charge is 0.252 e. The summed E-state index contributed by atoms with van der Waals surface area (Å²) in [5.41, 5.74) is 1.74. The Morgan fingerprint density at radius 2 is 1.79 bits per heavy atom. The molecule has 3 aromatic rings. The summed E-state index contributed by atoms with van der Waals surface area (Å²) in [5.74, 6) is -0.0915. The van der Waals surface area contributed by atoms with Crippen LogP contribution in [0.2, 0.25) is 5.02 Å². The molecule has 0 saturated heterocycles. The van der Waals surface area contributed by atoms with Crippen molar-refractivity contribution < 1.29 is 4.79 Å². The highest BCUT2D eigenvalue weighted by molar-refractivity contribution is 7.22. The minimum atomic E-state index is -0.0915. The van der Waals surface area contributed by atoms with Crippen molar-refractivity contribution in [3.05, 3.63) is 65.2 Å². The molecular weight excluding hydrogens is 390 g/mol. The topological polar surface area (TPSA) is 36.4 Å². The van der Waals surface area contributed by atoms with Crippen molar-refractivity contribution in [2.24, 2.45) is 0 Å². The predicted octanol–water partition coefficient (Wildman–Crippen LogP) is 5.34. The van der Waals surface area contributed by atoms with Crippen molar-refractivity contribution in [3.63, 3.8) is 0 Å². The molecule has 0 aliphatic heterocycles. The average molecular weight is 414 g/mol. The summed E-state index contributed by atoms with van der Waals surface area (Å²) >= 11 is 7.75. The molecule has 3 rings (SSSR count). The summed E-state index contributed by atoms with van der Waals surface area (Å²) in [5, 5.41) is 1.35. The van der Waals surface area contributed by atoms with Gasteiger partial charge in [0.05, 0.1) is 10.2 Å². The number of halogens is 1. The monoisotopic (exact) mass is 413 g/mol. The van der Waals surface area contributed by atoms with E-state index in [9.17, 15) is 4.79 Å². The number of carbonyl (C=O) groups excluding carboxylic acids is 1. The zero-order valence-electron chi connectivity index (χ0n) is 16.1. The number of para-hydroxylation sites is 1. The highest BCUT2D eigenvalue weighted by Crippen LogP contribution is 2.29. The number of thiazole rings is 1. The lowest BCUT2D eigenvalue weighted by Crippen LogP contribution is -2.38. The molecule has 4 nitrogen and oxygen atoms in total. The third-order valence-corrected chi connectivity index (χ3v) is 6.03. The molecular formula is C22H24ClN3OS. The molecule has 1 amide bonds. The van der Waals surface area contributed by atoms with Crippen molar-refractivity contribution in [1.29, 1.82) is 0 Å². The molecule has 0 spiro atoms. The lowest BCUT2D eigenvalue weighted by Gasteiger charge is -2.23. The Hall–Kier alpha value is -2.21. The third-order valence-electron chi connectivity index (χ3n) is 4.62. The van der Waals surface area contributed by atoms with E-state index in [1.807, 2.05) is 48.5 Å². The van der Waals surface area contributed by atoms with Gasteiger partial charge >= 0.3 is 0 Å². The largest absolute Gasteiger partial charge is 0.302 e. The van der Waals surface area contributed by atoms with E-state index in [1.165, 1.54) is 0 Å². The summed E-state index contributed by atoms with van der Waals surface area (Å²) in [6.07, 6.45) is 3.35. The summed E-state index contributed by atoms with van der Waals surface area (Å²) in [6, 6.07) is 15.4. The van der Waals surface area contributed by atoms with Crippen LogP contribution in [0.15, 0.2) is 54.6 Å². The molecule has 0 aliphatic carbocycles. The molecule has 0 unspecified atom stereocenters. The number of fused-ring (bicyclic) bond motifs is 1. The van der Waals surface area contributed by atoms with Gasteiger partial charge in [-0.15, -0.1) is 0 Å². The van der Waals surface area contributed by atoms with Gasteiger partial charge in [0.2, 0.25) is 0 Å². The van der Waals surface area contributed by atoms with E-state index in [1.54, 1.807) is 28.4 Å². The number of hydrogen-bond acceptors (Lipinski definition) is 4. The van der Waals surface area contributed by atoms with Crippen LogP contribution in [0.25, 0.3) is 16.3 Å². The SMILES string of the molecule is CCN(CC)CCN(C(=O)/C=C/c1ccccc1Cl)c1nc2ccccc2s1. The van der Waals surface area contributed by atoms with Crippen LogP contribution >= 0.6 is 22.9 Å². The first kappa shape index (κ1) is 20.5. The number of carbonyl (C=O) groups is 1. The molecule has 28 heavy (non-hydrogen) atoms. The molecule has 0 fully saturated rings. The maximum absolute atomic E-state index is 13.0. The molecule has 1 heterocycles. The first-order chi connectivity index (χ1) is 13.6. The number of anilines is 1. The molecule has 0 bridgehead atoms. The maximum atomic E-state index is 13.0. The van der Waals surface area contributed by atoms with Crippen LogP contribution in [-0.2, 0) is 4.79 Å². The molecule has 0 atom stereocenters. The molecule has 6 heteroatoms. The highest BCUT2D eigenvalue weighted by Gasteiger charge is 2.18. The molecule has 0 N–H and O–H groups in total. The van der Waals surface area contributed by atoms with Crippen molar-refractivity contribution >= 4 is 50.3 Å². The Morgan fingerprint density at radius 3 is 2.50 bits per heavy atom. The van der Waals surface area contributed by atoms with Crippen LogP contribution in [0.5, 0.6) is 0 Å². The van der Waals surface area contributed by atoms with E-state index < -0.39 is 0 Å². The second-order valence-corrected chi connectivity index (χ2v) is 7.75. The average Bonchev–Trinajstić information content (AvgIpc) is 3.14. The molecule has 2 aromatic carbocycles. The van der Waals surface area contributed by atoms with E-state index in [0.29, 0.717) is 11.6 Å². The molecule has 0 radical (unpaired) electrons. The van der Waals surface area contributed by atoms with Crippen LogP contribution in [-0.4, -0.2) is 42.0 Å². The van der Waals surface area contributed by atoms with Gasteiger partial charge in [-0.25, -0.2) is 4.98 Å². The van der Waals surface area contributed by atoms with Gasteiger partial charge in [0, 0.05) is 24.2 Å². The summed E-state index contributed by atoms with van der Waals surface area (Å²) < 4.78 is 1.08. The normalized spacial score (nSPS) is 11.6. The number of likely N-dealkylation sites (N-methyl/N-ethyl adjacent to an activating group) is 1. The lowest BCUT2D eigenvalue weighted by molar-refractivity contribution is -0.114. The van der Waals surface area contributed by atoms with E-state index >= 15 is 0 Å². The Bertz CT molecular complexity index is 932. The van der Waals surface area contributed by atoms with E-state index in [0.717, 1.165) is 40.5 Å². The van der Waals surface area contributed by atoms with Gasteiger partial charge < -0.3 is 4.90 Å². The number of nitrogens with zero attached hydrogens (tertiary/aromatic N) is 3. The van der Waals surface area contributed by atoms with Crippen LogP contribution in [0.1, 0.15) is 19.4 Å². The Morgan fingerprint density at radius 1 is 1.07 bits per heavy atom. The molecule has 0 saturated carbocycles. The molecule has 1 aromatic heterocycles. The minimum Gasteiger partial charge on any atom is -0.302 e. The summed E-state index contributed by atoms with van der Waals surface area (Å²) in [6.45, 7) is 7.55. The van der Waals surface area contributed by atoms with Crippen LogP contribution < -0.4 is 4.90 Å². The van der Waals surface area contributed by atoms with Crippen LogP contribution in [0.3, 0.4) is 0 Å². The molecule has 0 aliphatic rings. The number of hydrogen-bond donors (Lipinski definition) is 0. The highest BCUT2D eigenvalue weighted by atomic mass is 35.5.